The molecule has 0 aliphatic rings. The third-order valence-corrected chi connectivity index (χ3v) is 5.08. The Morgan fingerprint density at radius 2 is 2.11 bits per heavy atom. The van der Waals surface area contributed by atoms with Crippen molar-refractivity contribution in [2.45, 2.75) is 19.9 Å². The maximum absolute atomic E-state index is 6.41. The number of benzene rings is 1. The van der Waals surface area contributed by atoms with Crippen molar-refractivity contribution in [1.82, 2.24) is 5.32 Å². The zero-order valence-corrected chi connectivity index (χ0v) is 13.5. The Hall–Kier alpha value is -0.350. The van der Waals surface area contributed by atoms with Gasteiger partial charge in [-0.3, -0.25) is 0 Å². The Kier molecular flexibility index (Phi) is 4.84. The largest absolute Gasteiger partial charge is 0.306 e. The highest BCUT2D eigenvalue weighted by molar-refractivity contribution is 9.10. The molecule has 2 rings (SSSR count). The van der Waals surface area contributed by atoms with Crippen LogP contribution in [0.25, 0.3) is 0 Å². The van der Waals surface area contributed by atoms with Gasteiger partial charge in [0.15, 0.2) is 0 Å². The van der Waals surface area contributed by atoms with Gasteiger partial charge in [0.1, 0.15) is 0 Å². The molecule has 96 valence electrons. The van der Waals surface area contributed by atoms with Gasteiger partial charge in [-0.1, -0.05) is 30.7 Å². The predicted octanol–water partition coefficient (Wildman–Crippen LogP) is 5.17. The van der Waals surface area contributed by atoms with Gasteiger partial charge in [-0.05, 0) is 58.0 Å². The van der Waals surface area contributed by atoms with Crippen LogP contribution in [0.1, 0.15) is 29.0 Å². The van der Waals surface area contributed by atoms with E-state index in [0.29, 0.717) is 0 Å². The molecule has 18 heavy (non-hydrogen) atoms. The minimum Gasteiger partial charge on any atom is -0.306 e. The zero-order chi connectivity index (χ0) is 13.1. The topological polar surface area (TPSA) is 12.0 Å². The van der Waals surface area contributed by atoms with Gasteiger partial charge in [0.05, 0.1) is 11.1 Å². The van der Waals surface area contributed by atoms with Gasteiger partial charge in [0, 0.05) is 9.35 Å². The molecule has 0 fully saturated rings. The third kappa shape index (κ3) is 2.80. The second kappa shape index (κ2) is 6.20. The minimum atomic E-state index is 0.159. The molecular weight excluding hydrogens is 330 g/mol. The quantitative estimate of drug-likeness (QED) is 0.806. The van der Waals surface area contributed by atoms with E-state index in [1.807, 2.05) is 12.1 Å². The molecule has 1 aromatic heterocycles. The van der Waals surface area contributed by atoms with Gasteiger partial charge in [-0.2, -0.15) is 0 Å². The maximum Gasteiger partial charge on any atom is 0.0602 e. The van der Waals surface area contributed by atoms with E-state index in [1.54, 1.807) is 11.3 Å². The first-order chi connectivity index (χ1) is 8.65. The highest BCUT2D eigenvalue weighted by Crippen LogP contribution is 2.35. The Morgan fingerprint density at radius 3 is 2.72 bits per heavy atom. The number of nitrogens with one attached hydrogen (secondary N) is 1. The molecule has 0 amide bonds. The standard InChI is InChI=1S/C14H15BrClNS/c1-3-17-14(10-7-8-18-9(10)2)11-5-4-6-12(15)13(11)16/h4-8,14,17H,3H2,1-2H3. The van der Waals surface area contributed by atoms with Gasteiger partial charge in [-0.15, -0.1) is 11.3 Å². The second-order valence-electron chi connectivity index (χ2n) is 4.07. The average Bonchev–Trinajstić information content (AvgIpc) is 2.76. The molecule has 2 aromatic rings. The van der Waals surface area contributed by atoms with E-state index < -0.39 is 0 Å². The molecule has 0 saturated heterocycles. The van der Waals surface area contributed by atoms with E-state index in [0.717, 1.165) is 21.6 Å². The van der Waals surface area contributed by atoms with Gasteiger partial charge in [0.25, 0.3) is 0 Å². The molecule has 0 aliphatic carbocycles. The maximum atomic E-state index is 6.41. The number of aryl methyl sites for hydroxylation is 1. The van der Waals surface area contributed by atoms with Crippen LogP contribution < -0.4 is 5.32 Å². The van der Waals surface area contributed by atoms with Crippen LogP contribution in [-0.4, -0.2) is 6.54 Å². The molecular formula is C14H15BrClNS. The van der Waals surface area contributed by atoms with Crippen molar-refractivity contribution in [3.63, 3.8) is 0 Å². The first-order valence-corrected chi connectivity index (χ1v) is 7.91. The molecule has 0 spiro atoms. The highest BCUT2D eigenvalue weighted by atomic mass is 79.9. The summed E-state index contributed by atoms with van der Waals surface area (Å²) >= 11 is 11.7. The Labute approximate surface area is 125 Å². The van der Waals surface area contributed by atoms with Crippen LogP contribution in [0.3, 0.4) is 0 Å². The van der Waals surface area contributed by atoms with Crippen molar-refractivity contribution in [2.75, 3.05) is 6.54 Å². The van der Waals surface area contributed by atoms with E-state index in [9.17, 15) is 0 Å². The van der Waals surface area contributed by atoms with Crippen LogP contribution in [0, 0.1) is 6.92 Å². The lowest BCUT2D eigenvalue weighted by Crippen LogP contribution is -2.22. The first-order valence-electron chi connectivity index (χ1n) is 5.86. The summed E-state index contributed by atoms with van der Waals surface area (Å²) in [6.45, 7) is 5.17. The highest BCUT2D eigenvalue weighted by Gasteiger charge is 2.19. The molecule has 1 unspecified atom stereocenters. The van der Waals surface area contributed by atoms with Crippen LogP contribution in [0.2, 0.25) is 5.02 Å². The summed E-state index contributed by atoms with van der Waals surface area (Å²) in [7, 11) is 0. The van der Waals surface area contributed by atoms with Gasteiger partial charge >= 0.3 is 0 Å². The van der Waals surface area contributed by atoms with Crippen LogP contribution in [0.5, 0.6) is 0 Å². The van der Waals surface area contributed by atoms with E-state index >= 15 is 0 Å². The lowest BCUT2D eigenvalue weighted by atomic mass is 9.99. The molecule has 1 heterocycles. The first kappa shape index (κ1) is 14.1. The molecule has 0 bridgehead atoms. The minimum absolute atomic E-state index is 0.159. The lowest BCUT2D eigenvalue weighted by Gasteiger charge is -2.20. The Bertz CT molecular complexity index is 538. The van der Waals surface area contributed by atoms with Crippen molar-refractivity contribution in [1.29, 1.82) is 0 Å². The number of hydrogen-bond donors (Lipinski definition) is 1. The molecule has 1 N–H and O–H groups in total. The lowest BCUT2D eigenvalue weighted by molar-refractivity contribution is 0.630. The molecule has 1 atom stereocenters. The zero-order valence-electron chi connectivity index (χ0n) is 10.3. The molecule has 1 nitrogen and oxygen atoms in total. The number of rotatable bonds is 4. The molecule has 4 heteroatoms. The fraction of sp³-hybridized carbons (Fsp3) is 0.286. The fourth-order valence-electron chi connectivity index (χ4n) is 2.03. The second-order valence-corrected chi connectivity index (χ2v) is 6.42. The van der Waals surface area contributed by atoms with Crippen LogP contribution in [0.15, 0.2) is 34.1 Å². The van der Waals surface area contributed by atoms with Gasteiger partial charge in [0.2, 0.25) is 0 Å². The number of hydrogen-bond acceptors (Lipinski definition) is 2. The molecule has 0 radical (unpaired) electrons. The summed E-state index contributed by atoms with van der Waals surface area (Å²) in [4.78, 5) is 1.33. The van der Waals surface area contributed by atoms with Crippen LogP contribution in [-0.2, 0) is 0 Å². The van der Waals surface area contributed by atoms with Crippen LogP contribution in [0.4, 0.5) is 0 Å². The van der Waals surface area contributed by atoms with Crippen molar-refractivity contribution < 1.29 is 0 Å². The summed E-state index contributed by atoms with van der Waals surface area (Å²) in [5.41, 5.74) is 2.43. The van der Waals surface area contributed by atoms with Gasteiger partial charge in [-0.25, -0.2) is 0 Å². The monoisotopic (exact) mass is 343 g/mol. The van der Waals surface area contributed by atoms with Crippen molar-refractivity contribution >= 4 is 38.9 Å². The summed E-state index contributed by atoms with van der Waals surface area (Å²) in [5, 5.41) is 6.42. The average molecular weight is 345 g/mol. The van der Waals surface area contributed by atoms with E-state index in [2.05, 4.69) is 52.6 Å². The van der Waals surface area contributed by atoms with Crippen molar-refractivity contribution in [2.24, 2.45) is 0 Å². The smallest absolute Gasteiger partial charge is 0.0602 e. The van der Waals surface area contributed by atoms with Crippen molar-refractivity contribution in [3.05, 3.63) is 55.1 Å². The third-order valence-electron chi connectivity index (χ3n) is 2.91. The Balaban J connectivity index is 2.48. The molecule has 1 aromatic carbocycles. The summed E-state index contributed by atoms with van der Waals surface area (Å²) in [5.74, 6) is 0. The number of thiophene rings is 1. The van der Waals surface area contributed by atoms with Crippen molar-refractivity contribution in [3.8, 4) is 0 Å². The molecule has 0 aliphatic heterocycles. The summed E-state index contributed by atoms with van der Waals surface area (Å²) in [6.07, 6.45) is 0. The number of halogens is 2. The summed E-state index contributed by atoms with van der Waals surface area (Å²) in [6, 6.07) is 8.40. The summed E-state index contributed by atoms with van der Waals surface area (Å²) < 4.78 is 0.942. The van der Waals surface area contributed by atoms with E-state index in [4.69, 9.17) is 11.6 Å². The SMILES string of the molecule is CCNC(c1ccsc1C)c1cccc(Br)c1Cl. The van der Waals surface area contributed by atoms with Crippen LogP contribution >= 0.6 is 38.9 Å². The van der Waals surface area contributed by atoms with Gasteiger partial charge < -0.3 is 5.32 Å². The Morgan fingerprint density at radius 1 is 1.33 bits per heavy atom. The van der Waals surface area contributed by atoms with E-state index in [1.165, 1.54) is 10.4 Å². The van der Waals surface area contributed by atoms with E-state index in [-0.39, 0.29) is 6.04 Å². The predicted molar refractivity (Wildman–Crippen MR) is 83.7 cm³/mol. The normalized spacial score (nSPS) is 12.7. The molecule has 0 saturated carbocycles. The fourth-order valence-corrected chi connectivity index (χ4v) is 3.39.